The second kappa shape index (κ2) is 8.65. The smallest absolute Gasteiger partial charge is 0.326 e. The van der Waals surface area contributed by atoms with Crippen LogP contribution < -0.4 is 5.32 Å². The molecule has 0 saturated carbocycles. The van der Waals surface area contributed by atoms with Gasteiger partial charge in [-0.15, -0.1) is 0 Å². The number of rotatable bonds is 6. The minimum Gasteiger partial charge on any atom is -0.468 e. The van der Waals surface area contributed by atoms with Crippen molar-refractivity contribution < 1.29 is 18.7 Å². The van der Waals surface area contributed by atoms with Gasteiger partial charge in [0.25, 0.3) is 0 Å². The summed E-state index contributed by atoms with van der Waals surface area (Å²) in [5.41, 5.74) is 0.535. The first kappa shape index (κ1) is 20.9. The maximum atomic E-state index is 13.5. The van der Waals surface area contributed by atoms with E-state index in [0.717, 1.165) is 5.56 Å². The lowest BCUT2D eigenvalue weighted by Gasteiger charge is -2.35. The molecule has 0 unspecified atom stereocenters. The highest BCUT2D eigenvalue weighted by Gasteiger charge is 2.56. The third kappa shape index (κ3) is 3.98. The molecule has 8 heteroatoms. The van der Waals surface area contributed by atoms with Gasteiger partial charge in [0.05, 0.1) is 25.3 Å². The molecular formula is C21H25FN4O3. The molecule has 1 saturated heterocycles. The monoisotopic (exact) mass is 400 g/mol. The van der Waals surface area contributed by atoms with Gasteiger partial charge in [-0.3, -0.25) is 14.5 Å². The number of carbonyl (C=O) groups excluding carboxylic acids is 2. The Balaban J connectivity index is 1.91. The van der Waals surface area contributed by atoms with Crippen LogP contribution in [0.15, 0.2) is 42.9 Å². The number of amides is 1. The Kier molecular flexibility index (Phi) is 6.22. The summed E-state index contributed by atoms with van der Waals surface area (Å²) in [6.07, 6.45) is 3.83. The number of benzene rings is 1. The number of likely N-dealkylation sites (N-methyl/N-ethyl adjacent to an activating group) is 1. The molecule has 0 bridgehead atoms. The van der Waals surface area contributed by atoms with Gasteiger partial charge in [0.2, 0.25) is 5.91 Å². The second-order valence-electron chi connectivity index (χ2n) is 7.21. The molecule has 0 spiro atoms. The van der Waals surface area contributed by atoms with Gasteiger partial charge in [-0.2, -0.15) is 0 Å². The van der Waals surface area contributed by atoms with Crippen LogP contribution in [0.25, 0.3) is 0 Å². The number of likely N-dealkylation sites (tertiary alicyclic amines) is 1. The summed E-state index contributed by atoms with van der Waals surface area (Å²) in [7, 11) is 3.16. The summed E-state index contributed by atoms with van der Waals surface area (Å²) >= 11 is 0. The molecule has 1 aromatic heterocycles. The van der Waals surface area contributed by atoms with E-state index in [2.05, 4.69) is 15.3 Å². The fourth-order valence-corrected chi connectivity index (χ4v) is 4.19. The van der Waals surface area contributed by atoms with E-state index in [4.69, 9.17) is 4.74 Å². The van der Waals surface area contributed by atoms with Gasteiger partial charge >= 0.3 is 5.97 Å². The van der Waals surface area contributed by atoms with Gasteiger partial charge in [0, 0.05) is 12.2 Å². The van der Waals surface area contributed by atoms with Crippen molar-refractivity contribution in [1.82, 2.24) is 20.2 Å². The summed E-state index contributed by atoms with van der Waals surface area (Å²) in [5.74, 6) is -1.43. The average Bonchev–Trinajstić information content (AvgIpc) is 3.06. The Bertz CT molecular complexity index is 862. The molecule has 3 atom stereocenters. The molecule has 7 nitrogen and oxygen atoms in total. The topological polar surface area (TPSA) is 84.4 Å². The van der Waals surface area contributed by atoms with Crippen molar-refractivity contribution in [3.05, 3.63) is 59.9 Å². The van der Waals surface area contributed by atoms with E-state index >= 15 is 0 Å². The van der Waals surface area contributed by atoms with Crippen LogP contribution in [0.1, 0.15) is 37.1 Å². The Hall–Kier alpha value is -2.87. The van der Waals surface area contributed by atoms with Gasteiger partial charge in [-0.1, -0.05) is 19.1 Å². The normalized spacial score (nSPS) is 24.3. The largest absolute Gasteiger partial charge is 0.468 e. The number of hydrogen-bond donors (Lipinski definition) is 1. The van der Waals surface area contributed by atoms with E-state index in [1.807, 2.05) is 18.9 Å². The summed E-state index contributed by atoms with van der Waals surface area (Å²) < 4.78 is 18.5. The zero-order valence-electron chi connectivity index (χ0n) is 16.8. The zero-order valence-corrected chi connectivity index (χ0v) is 16.8. The maximum absolute atomic E-state index is 13.5. The van der Waals surface area contributed by atoms with E-state index in [1.54, 1.807) is 24.4 Å². The van der Waals surface area contributed by atoms with Crippen molar-refractivity contribution in [3.8, 4) is 0 Å². The lowest BCUT2D eigenvalue weighted by Crippen LogP contribution is -2.49. The molecule has 1 fully saturated rings. The minimum absolute atomic E-state index is 0.191. The quantitative estimate of drug-likeness (QED) is 0.749. The molecule has 0 radical (unpaired) electrons. The van der Waals surface area contributed by atoms with Crippen LogP contribution in [-0.4, -0.2) is 46.4 Å². The average molecular weight is 400 g/mol. The molecule has 1 N–H and O–H groups in total. The van der Waals surface area contributed by atoms with Crippen molar-refractivity contribution in [2.45, 2.75) is 37.9 Å². The van der Waals surface area contributed by atoms with Crippen LogP contribution in [0.5, 0.6) is 0 Å². The predicted octanol–water partition coefficient (Wildman–Crippen LogP) is 2.25. The van der Waals surface area contributed by atoms with Gasteiger partial charge in [0.15, 0.2) is 0 Å². The van der Waals surface area contributed by atoms with Gasteiger partial charge < -0.3 is 10.1 Å². The lowest BCUT2D eigenvalue weighted by molar-refractivity contribution is -0.153. The van der Waals surface area contributed by atoms with Crippen molar-refractivity contribution in [2.24, 2.45) is 5.92 Å². The first-order chi connectivity index (χ1) is 13.9. The standard InChI is InChI=1S/C21H25FN4O3/c1-4-21(20(28)29-3)11-17(19(27)24-12-16-9-10-23-13-25-16)18(26(21)2)14-5-7-15(22)8-6-14/h5-10,13,17-18H,4,11-12H2,1-3H3,(H,24,27)/t17-,18-,21-/m1/s1. The maximum Gasteiger partial charge on any atom is 0.326 e. The van der Waals surface area contributed by atoms with Crippen LogP contribution in [0.3, 0.4) is 0 Å². The van der Waals surface area contributed by atoms with Gasteiger partial charge in [-0.25, -0.2) is 14.4 Å². The molecule has 1 amide bonds. The van der Waals surface area contributed by atoms with Crippen molar-refractivity contribution in [3.63, 3.8) is 0 Å². The van der Waals surface area contributed by atoms with E-state index in [-0.39, 0.29) is 30.3 Å². The second-order valence-corrected chi connectivity index (χ2v) is 7.21. The number of ether oxygens (including phenoxy) is 1. The summed E-state index contributed by atoms with van der Waals surface area (Å²) in [4.78, 5) is 35.7. The highest BCUT2D eigenvalue weighted by molar-refractivity contribution is 5.86. The Morgan fingerprint density at radius 3 is 2.62 bits per heavy atom. The third-order valence-electron chi connectivity index (χ3n) is 5.82. The lowest BCUT2D eigenvalue weighted by atomic mass is 9.87. The number of nitrogens with zero attached hydrogens (tertiary/aromatic N) is 3. The summed E-state index contributed by atoms with van der Waals surface area (Å²) in [6, 6.07) is 7.38. The number of aromatic nitrogens is 2. The number of methoxy groups -OCH3 is 1. The minimum atomic E-state index is -0.926. The Labute approximate surface area is 169 Å². The van der Waals surface area contributed by atoms with Crippen LogP contribution in [0.2, 0.25) is 0 Å². The van der Waals surface area contributed by atoms with Crippen LogP contribution in [0.4, 0.5) is 4.39 Å². The molecule has 29 heavy (non-hydrogen) atoms. The summed E-state index contributed by atoms with van der Waals surface area (Å²) in [6.45, 7) is 2.16. The van der Waals surface area contributed by atoms with Gasteiger partial charge in [0.1, 0.15) is 17.7 Å². The van der Waals surface area contributed by atoms with Crippen molar-refractivity contribution in [2.75, 3.05) is 14.2 Å². The number of halogens is 1. The molecule has 3 rings (SSSR count). The predicted molar refractivity (Wildman–Crippen MR) is 104 cm³/mol. The third-order valence-corrected chi connectivity index (χ3v) is 5.82. The molecule has 154 valence electrons. The molecule has 2 aromatic rings. The molecular weight excluding hydrogens is 375 g/mol. The fourth-order valence-electron chi connectivity index (χ4n) is 4.19. The Morgan fingerprint density at radius 1 is 1.31 bits per heavy atom. The SMILES string of the molecule is CC[C@]1(C(=O)OC)C[C@@H](C(=O)NCc2ccncn2)[C@@H](c2ccc(F)cc2)N1C. The van der Waals surface area contributed by atoms with Crippen molar-refractivity contribution >= 4 is 11.9 Å². The number of hydrogen-bond acceptors (Lipinski definition) is 6. The number of carbonyl (C=O) groups is 2. The van der Waals surface area contributed by atoms with E-state index in [9.17, 15) is 14.0 Å². The number of nitrogens with one attached hydrogen (secondary N) is 1. The van der Waals surface area contributed by atoms with Crippen LogP contribution in [-0.2, 0) is 20.9 Å². The first-order valence-electron chi connectivity index (χ1n) is 9.52. The zero-order chi connectivity index (χ0) is 21.0. The fraction of sp³-hybridized carbons (Fsp3) is 0.429. The highest BCUT2D eigenvalue weighted by atomic mass is 19.1. The molecule has 1 aliphatic heterocycles. The van der Waals surface area contributed by atoms with E-state index in [0.29, 0.717) is 18.5 Å². The van der Waals surface area contributed by atoms with Crippen molar-refractivity contribution in [1.29, 1.82) is 0 Å². The first-order valence-corrected chi connectivity index (χ1v) is 9.52. The number of esters is 1. The van der Waals surface area contributed by atoms with E-state index in [1.165, 1.54) is 25.6 Å². The van der Waals surface area contributed by atoms with Crippen LogP contribution in [0, 0.1) is 11.7 Å². The van der Waals surface area contributed by atoms with E-state index < -0.39 is 11.5 Å². The molecule has 1 aliphatic rings. The molecule has 2 heterocycles. The molecule has 0 aliphatic carbocycles. The van der Waals surface area contributed by atoms with Gasteiger partial charge in [-0.05, 0) is 43.7 Å². The summed E-state index contributed by atoms with van der Waals surface area (Å²) in [5, 5.41) is 2.91. The van der Waals surface area contributed by atoms with Crippen LogP contribution >= 0.6 is 0 Å². The molecule has 1 aromatic carbocycles. The highest BCUT2D eigenvalue weighted by Crippen LogP contribution is 2.48. The Morgan fingerprint density at radius 2 is 2.03 bits per heavy atom.